The molecule has 0 aliphatic heterocycles. The van der Waals surface area contributed by atoms with Crippen molar-refractivity contribution in [2.24, 2.45) is 0 Å². The second-order valence-corrected chi connectivity index (χ2v) is 7.77. The second-order valence-electron chi connectivity index (χ2n) is 5.98. The van der Waals surface area contributed by atoms with Crippen LogP contribution < -0.4 is 5.32 Å². The van der Waals surface area contributed by atoms with Gasteiger partial charge in [-0.3, -0.25) is 9.36 Å². The molecule has 5 nitrogen and oxygen atoms in total. The molecule has 0 fully saturated rings. The number of carbonyl (C=O) groups excluding carboxylic acids is 1. The molecule has 0 radical (unpaired) electrons. The van der Waals surface area contributed by atoms with Gasteiger partial charge in [-0.05, 0) is 42.8 Å². The Hall–Kier alpha value is -2.28. The van der Waals surface area contributed by atoms with Crippen molar-refractivity contribution >= 4 is 46.6 Å². The Morgan fingerprint density at radius 2 is 2.04 bits per heavy atom. The quantitative estimate of drug-likeness (QED) is 0.396. The molecule has 2 aromatic carbocycles. The van der Waals surface area contributed by atoms with Gasteiger partial charge in [0.2, 0.25) is 5.91 Å². The maximum atomic E-state index is 12.4. The number of nitrogens with zero attached hydrogens (tertiary/aromatic N) is 3. The van der Waals surface area contributed by atoms with Gasteiger partial charge in [0.15, 0.2) is 11.0 Å². The molecule has 144 valence electrons. The number of allylic oxidation sites excluding steroid dienone is 1. The number of thioether (sulfide) groups is 1. The third kappa shape index (κ3) is 4.76. The van der Waals surface area contributed by atoms with Crippen molar-refractivity contribution in [1.82, 2.24) is 14.8 Å². The number of aromatic nitrogens is 3. The summed E-state index contributed by atoms with van der Waals surface area (Å²) in [6, 6.07) is 12.8. The lowest BCUT2D eigenvalue weighted by Crippen LogP contribution is -2.15. The lowest BCUT2D eigenvalue weighted by atomic mass is 10.2. The number of rotatable bonds is 7. The molecule has 0 bridgehead atoms. The zero-order valence-corrected chi connectivity index (χ0v) is 17.5. The van der Waals surface area contributed by atoms with Crippen molar-refractivity contribution in [3.8, 4) is 11.4 Å². The molecular formula is C20H18Cl2N4OS. The molecule has 0 atom stereocenters. The van der Waals surface area contributed by atoms with Crippen LogP contribution in [0, 0.1) is 6.92 Å². The van der Waals surface area contributed by atoms with E-state index in [2.05, 4.69) is 22.1 Å². The van der Waals surface area contributed by atoms with E-state index in [1.807, 2.05) is 29.7 Å². The van der Waals surface area contributed by atoms with Crippen LogP contribution in [0.2, 0.25) is 10.0 Å². The summed E-state index contributed by atoms with van der Waals surface area (Å²) >= 11 is 13.6. The van der Waals surface area contributed by atoms with Crippen LogP contribution in [0.4, 0.5) is 5.69 Å². The summed E-state index contributed by atoms with van der Waals surface area (Å²) in [6.07, 6.45) is 1.75. The molecule has 0 saturated heterocycles. The Morgan fingerprint density at radius 3 is 2.75 bits per heavy atom. The molecular weight excluding hydrogens is 415 g/mol. The van der Waals surface area contributed by atoms with Crippen molar-refractivity contribution in [2.45, 2.75) is 18.6 Å². The zero-order chi connectivity index (χ0) is 20.1. The van der Waals surface area contributed by atoms with Crippen molar-refractivity contribution < 1.29 is 4.79 Å². The van der Waals surface area contributed by atoms with Gasteiger partial charge in [0.05, 0.1) is 10.8 Å². The van der Waals surface area contributed by atoms with E-state index in [9.17, 15) is 4.79 Å². The number of hydrogen-bond donors (Lipinski definition) is 1. The molecule has 1 amide bonds. The van der Waals surface area contributed by atoms with Crippen LogP contribution in [0.3, 0.4) is 0 Å². The molecule has 1 aromatic heterocycles. The van der Waals surface area contributed by atoms with Crippen LogP contribution in [0.1, 0.15) is 5.56 Å². The van der Waals surface area contributed by atoms with Crippen molar-refractivity contribution in [3.05, 3.63) is 70.7 Å². The van der Waals surface area contributed by atoms with Gasteiger partial charge in [0.25, 0.3) is 0 Å². The first kappa shape index (κ1) is 20.5. The summed E-state index contributed by atoms with van der Waals surface area (Å²) in [5.41, 5.74) is 2.42. The Morgan fingerprint density at radius 1 is 1.25 bits per heavy atom. The van der Waals surface area contributed by atoms with E-state index in [0.717, 1.165) is 16.8 Å². The van der Waals surface area contributed by atoms with Crippen LogP contribution in [0.15, 0.2) is 60.3 Å². The fraction of sp³-hybridized carbons (Fsp3) is 0.150. The number of anilines is 1. The van der Waals surface area contributed by atoms with Gasteiger partial charge in [-0.15, -0.1) is 16.8 Å². The van der Waals surface area contributed by atoms with E-state index >= 15 is 0 Å². The highest BCUT2D eigenvalue weighted by molar-refractivity contribution is 7.99. The van der Waals surface area contributed by atoms with Crippen LogP contribution in [0.25, 0.3) is 11.4 Å². The number of nitrogens with one attached hydrogen (secondary N) is 1. The first-order chi connectivity index (χ1) is 13.5. The van der Waals surface area contributed by atoms with E-state index in [1.165, 1.54) is 11.8 Å². The van der Waals surface area contributed by atoms with Crippen LogP contribution in [0.5, 0.6) is 0 Å². The molecule has 1 heterocycles. The molecule has 0 unspecified atom stereocenters. The van der Waals surface area contributed by atoms with Gasteiger partial charge >= 0.3 is 0 Å². The minimum atomic E-state index is -0.136. The third-order valence-corrected chi connectivity index (χ3v) is 5.47. The van der Waals surface area contributed by atoms with Crippen molar-refractivity contribution in [1.29, 1.82) is 0 Å². The highest BCUT2D eigenvalue weighted by atomic mass is 35.5. The minimum Gasteiger partial charge on any atom is -0.325 e. The normalized spacial score (nSPS) is 10.7. The summed E-state index contributed by atoms with van der Waals surface area (Å²) in [5.74, 6) is 0.699. The Labute approximate surface area is 177 Å². The lowest BCUT2D eigenvalue weighted by molar-refractivity contribution is -0.113. The molecule has 1 N–H and O–H groups in total. The van der Waals surface area contributed by atoms with Gasteiger partial charge in [0.1, 0.15) is 0 Å². The van der Waals surface area contributed by atoms with Gasteiger partial charge in [-0.25, -0.2) is 0 Å². The number of carbonyl (C=O) groups is 1. The molecule has 3 aromatic rings. The van der Waals surface area contributed by atoms with Gasteiger partial charge in [-0.2, -0.15) is 0 Å². The number of benzene rings is 2. The summed E-state index contributed by atoms with van der Waals surface area (Å²) in [7, 11) is 0. The summed E-state index contributed by atoms with van der Waals surface area (Å²) in [4.78, 5) is 12.4. The lowest BCUT2D eigenvalue weighted by Gasteiger charge is -2.10. The third-order valence-electron chi connectivity index (χ3n) is 3.94. The highest BCUT2D eigenvalue weighted by Gasteiger charge is 2.17. The molecule has 0 aliphatic rings. The molecule has 0 saturated carbocycles. The highest BCUT2D eigenvalue weighted by Crippen LogP contribution is 2.29. The monoisotopic (exact) mass is 432 g/mol. The standard InChI is InChI=1S/C20H18Cl2N4OS/c1-3-10-26-19(15-6-4-5-7-16(15)22)24-25-20(26)28-12-18(27)23-17-9-8-14(21)11-13(17)2/h3-9,11H,1,10,12H2,2H3,(H,23,27). The largest absolute Gasteiger partial charge is 0.325 e. The Bertz CT molecular complexity index is 1020. The summed E-state index contributed by atoms with van der Waals surface area (Å²) in [5, 5.41) is 13.2. The van der Waals surface area contributed by atoms with Crippen LogP contribution >= 0.6 is 35.0 Å². The predicted octanol–water partition coefficient (Wildman–Crippen LogP) is 5.48. The Balaban J connectivity index is 1.74. The van der Waals surface area contributed by atoms with E-state index in [4.69, 9.17) is 23.2 Å². The molecule has 0 aliphatic carbocycles. The van der Waals surface area contributed by atoms with Gasteiger partial charge in [0, 0.05) is 22.8 Å². The van der Waals surface area contributed by atoms with Crippen LogP contribution in [-0.2, 0) is 11.3 Å². The van der Waals surface area contributed by atoms with Gasteiger partial charge < -0.3 is 5.32 Å². The average Bonchev–Trinajstić information content (AvgIpc) is 3.06. The maximum absolute atomic E-state index is 12.4. The number of aryl methyl sites for hydroxylation is 1. The Kier molecular flexibility index (Phi) is 6.78. The number of hydrogen-bond acceptors (Lipinski definition) is 4. The fourth-order valence-electron chi connectivity index (χ4n) is 2.61. The first-order valence-corrected chi connectivity index (χ1v) is 10.2. The topological polar surface area (TPSA) is 59.8 Å². The van der Waals surface area contributed by atoms with Crippen molar-refractivity contribution in [2.75, 3.05) is 11.1 Å². The number of halogens is 2. The van der Waals surface area contributed by atoms with Crippen LogP contribution in [-0.4, -0.2) is 26.4 Å². The predicted molar refractivity (Wildman–Crippen MR) is 116 cm³/mol. The summed E-state index contributed by atoms with van der Waals surface area (Å²) < 4.78 is 1.89. The van der Waals surface area contributed by atoms with Crippen molar-refractivity contribution in [3.63, 3.8) is 0 Å². The second kappa shape index (κ2) is 9.28. The molecule has 8 heteroatoms. The fourth-order valence-corrected chi connectivity index (χ4v) is 3.81. The van der Waals surface area contributed by atoms with E-state index in [0.29, 0.717) is 27.6 Å². The number of amides is 1. The van der Waals surface area contributed by atoms with E-state index < -0.39 is 0 Å². The average molecular weight is 433 g/mol. The SMILES string of the molecule is C=CCn1c(SCC(=O)Nc2ccc(Cl)cc2C)nnc1-c1ccccc1Cl. The van der Waals surface area contributed by atoms with Gasteiger partial charge in [-0.1, -0.05) is 53.2 Å². The smallest absolute Gasteiger partial charge is 0.234 e. The molecule has 0 spiro atoms. The molecule has 28 heavy (non-hydrogen) atoms. The molecule has 3 rings (SSSR count). The maximum Gasteiger partial charge on any atom is 0.234 e. The zero-order valence-electron chi connectivity index (χ0n) is 15.2. The minimum absolute atomic E-state index is 0.136. The first-order valence-electron chi connectivity index (χ1n) is 8.47. The van der Waals surface area contributed by atoms with E-state index in [-0.39, 0.29) is 11.7 Å². The van der Waals surface area contributed by atoms with E-state index in [1.54, 1.807) is 30.3 Å². The summed E-state index contributed by atoms with van der Waals surface area (Å²) in [6.45, 7) is 6.19.